The molecule has 7 nitrogen and oxygen atoms in total. The second-order valence-corrected chi connectivity index (χ2v) is 11.4. The number of rotatable bonds is 11. The SMILES string of the molecule is CCNC(=O)[C@H](CC)N(Cc1ccc(Cl)cc1Cl)C(=O)CN(c1ccccc1C)S(=O)(=O)c1ccccc1. The van der Waals surface area contributed by atoms with Crippen LogP contribution in [0.5, 0.6) is 0 Å². The van der Waals surface area contributed by atoms with Crippen molar-refractivity contribution in [3.05, 3.63) is 94.0 Å². The van der Waals surface area contributed by atoms with Gasteiger partial charge < -0.3 is 10.2 Å². The van der Waals surface area contributed by atoms with Gasteiger partial charge in [0.15, 0.2) is 0 Å². The predicted molar refractivity (Wildman–Crippen MR) is 152 cm³/mol. The summed E-state index contributed by atoms with van der Waals surface area (Å²) in [6, 6.07) is 19.0. The monoisotopic (exact) mass is 575 g/mol. The molecule has 0 fully saturated rings. The lowest BCUT2D eigenvalue weighted by Crippen LogP contribution is -2.52. The van der Waals surface area contributed by atoms with Crippen LogP contribution in [0.2, 0.25) is 10.0 Å². The van der Waals surface area contributed by atoms with Crippen molar-refractivity contribution in [3.8, 4) is 0 Å². The van der Waals surface area contributed by atoms with E-state index in [-0.39, 0.29) is 17.3 Å². The van der Waals surface area contributed by atoms with Crippen molar-refractivity contribution in [2.24, 2.45) is 0 Å². The Bertz CT molecular complexity index is 1380. The number of hydrogen-bond acceptors (Lipinski definition) is 4. The number of carbonyl (C=O) groups excluding carboxylic acids is 2. The Morgan fingerprint density at radius 2 is 1.61 bits per heavy atom. The Hall–Kier alpha value is -3.07. The second-order valence-electron chi connectivity index (χ2n) is 8.69. The number of nitrogens with one attached hydrogen (secondary N) is 1. The molecular formula is C28H31Cl2N3O4S. The van der Waals surface area contributed by atoms with Crippen molar-refractivity contribution in [1.82, 2.24) is 10.2 Å². The lowest BCUT2D eigenvalue weighted by molar-refractivity contribution is -0.140. The predicted octanol–water partition coefficient (Wildman–Crippen LogP) is 5.44. The lowest BCUT2D eigenvalue weighted by atomic mass is 10.1. The molecule has 2 amide bonds. The first kappa shape index (κ1) is 29.5. The van der Waals surface area contributed by atoms with Crippen LogP contribution in [0.15, 0.2) is 77.7 Å². The van der Waals surface area contributed by atoms with E-state index in [0.717, 1.165) is 4.31 Å². The highest BCUT2D eigenvalue weighted by Gasteiger charge is 2.34. The molecule has 3 aromatic carbocycles. The first-order chi connectivity index (χ1) is 18.1. The molecule has 3 rings (SSSR count). The minimum absolute atomic E-state index is 0.00251. The third-order valence-electron chi connectivity index (χ3n) is 6.09. The van der Waals surface area contributed by atoms with Gasteiger partial charge in [0.2, 0.25) is 11.8 Å². The summed E-state index contributed by atoms with van der Waals surface area (Å²) in [7, 11) is -4.11. The number of carbonyl (C=O) groups is 2. The van der Waals surface area contributed by atoms with Gasteiger partial charge in [-0.05, 0) is 61.7 Å². The number of hydrogen-bond donors (Lipinski definition) is 1. The van der Waals surface area contributed by atoms with Gasteiger partial charge in [0.25, 0.3) is 10.0 Å². The summed E-state index contributed by atoms with van der Waals surface area (Å²) in [5.41, 5.74) is 1.64. The summed E-state index contributed by atoms with van der Waals surface area (Å²) in [5.74, 6) is -0.876. The largest absolute Gasteiger partial charge is 0.355 e. The zero-order chi connectivity index (χ0) is 27.9. The average molecular weight is 577 g/mol. The number of amides is 2. The highest BCUT2D eigenvalue weighted by atomic mass is 35.5. The molecular weight excluding hydrogens is 545 g/mol. The number of aryl methyl sites for hydroxylation is 1. The van der Waals surface area contributed by atoms with Crippen LogP contribution in [0.4, 0.5) is 5.69 Å². The molecule has 0 aliphatic heterocycles. The minimum Gasteiger partial charge on any atom is -0.355 e. The molecule has 0 saturated heterocycles. The van der Waals surface area contributed by atoms with Crippen LogP contribution in [0.3, 0.4) is 0 Å². The van der Waals surface area contributed by atoms with Gasteiger partial charge in [-0.1, -0.05) is 72.6 Å². The van der Waals surface area contributed by atoms with Gasteiger partial charge in [0.05, 0.1) is 10.6 Å². The second kappa shape index (κ2) is 13.1. The zero-order valence-corrected chi connectivity index (χ0v) is 23.9. The Labute approximate surface area is 234 Å². The molecule has 0 unspecified atom stereocenters. The fourth-order valence-corrected chi connectivity index (χ4v) is 6.09. The van der Waals surface area contributed by atoms with Gasteiger partial charge in [0, 0.05) is 23.1 Å². The number of halogens is 2. The number of benzene rings is 3. The Morgan fingerprint density at radius 3 is 2.21 bits per heavy atom. The summed E-state index contributed by atoms with van der Waals surface area (Å²) in [6.45, 7) is 5.24. The van der Waals surface area contributed by atoms with Crippen molar-refractivity contribution in [2.75, 3.05) is 17.4 Å². The van der Waals surface area contributed by atoms with Gasteiger partial charge in [-0.2, -0.15) is 0 Å². The number of sulfonamides is 1. The third-order valence-corrected chi connectivity index (χ3v) is 8.45. The highest BCUT2D eigenvalue weighted by Crippen LogP contribution is 2.28. The van der Waals surface area contributed by atoms with E-state index < -0.39 is 28.5 Å². The van der Waals surface area contributed by atoms with Crippen LogP contribution in [-0.4, -0.2) is 44.3 Å². The van der Waals surface area contributed by atoms with Gasteiger partial charge in [0.1, 0.15) is 12.6 Å². The van der Waals surface area contributed by atoms with E-state index in [9.17, 15) is 18.0 Å². The molecule has 3 aromatic rings. The van der Waals surface area contributed by atoms with Crippen molar-refractivity contribution >= 4 is 50.7 Å². The van der Waals surface area contributed by atoms with Gasteiger partial charge in [-0.25, -0.2) is 8.42 Å². The molecule has 0 spiro atoms. The van der Waals surface area contributed by atoms with Crippen molar-refractivity contribution in [2.45, 2.75) is 44.7 Å². The highest BCUT2D eigenvalue weighted by molar-refractivity contribution is 7.92. The van der Waals surface area contributed by atoms with Crippen molar-refractivity contribution in [3.63, 3.8) is 0 Å². The minimum atomic E-state index is -4.11. The fraction of sp³-hybridized carbons (Fsp3) is 0.286. The molecule has 0 radical (unpaired) electrons. The molecule has 0 aliphatic carbocycles. The van der Waals surface area contributed by atoms with Crippen LogP contribution >= 0.6 is 23.2 Å². The maximum atomic E-state index is 14.0. The van der Waals surface area contributed by atoms with Crippen LogP contribution in [0.25, 0.3) is 0 Å². The molecule has 38 heavy (non-hydrogen) atoms. The first-order valence-electron chi connectivity index (χ1n) is 12.2. The Morgan fingerprint density at radius 1 is 0.947 bits per heavy atom. The van der Waals surface area contributed by atoms with E-state index in [2.05, 4.69) is 5.32 Å². The van der Waals surface area contributed by atoms with E-state index in [4.69, 9.17) is 23.2 Å². The maximum Gasteiger partial charge on any atom is 0.264 e. The quantitative estimate of drug-likeness (QED) is 0.330. The average Bonchev–Trinajstić information content (AvgIpc) is 2.89. The number of para-hydroxylation sites is 1. The lowest BCUT2D eigenvalue weighted by Gasteiger charge is -2.33. The molecule has 0 heterocycles. The van der Waals surface area contributed by atoms with Crippen LogP contribution < -0.4 is 9.62 Å². The zero-order valence-electron chi connectivity index (χ0n) is 21.5. The summed E-state index contributed by atoms with van der Waals surface area (Å²) < 4.78 is 28.7. The Kier molecular flexibility index (Phi) is 10.2. The van der Waals surface area contributed by atoms with Crippen molar-refractivity contribution in [1.29, 1.82) is 0 Å². The van der Waals surface area contributed by atoms with E-state index in [1.165, 1.54) is 17.0 Å². The first-order valence-corrected chi connectivity index (χ1v) is 14.4. The molecule has 202 valence electrons. The standard InChI is InChI=1S/C28H31Cl2N3O4S/c1-4-25(28(35)31-5-2)32(18-21-15-16-22(29)17-24(21)30)27(34)19-33(26-14-10-9-11-20(26)3)38(36,37)23-12-7-6-8-13-23/h6-17,25H,4-5,18-19H2,1-3H3,(H,31,35)/t25-/m0/s1. The van der Waals surface area contributed by atoms with Crippen molar-refractivity contribution < 1.29 is 18.0 Å². The molecule has 0 saturated carbocycles. The van der Waals surface area contributed by atoms with Crippen LogP contribution in [-0.2, 0) is 26.2 Å². The summed E-state index contributed by atoms with van der Waals surface area (Å²) >= 11 is 12.5. The molecule has 0 aliphatic rings. The Balaban J connectivity index is 2.08. The van der Waals surface area contributed by atoms with Crippen LogP contribution in [0, 0.1) is 6.92 Å². The molecule has 0 bridgehead atoms. The molecule has 0 aromatic heterocycles. The molecule has 1 atom stereocenters. The third kappa shape index (κ3) is 6.87. The summed E-state index contributed by atoms with van der Waals surface area (Å²) in [5, 5.41) is 3.55. The summed E-state index contributed by atoms with van der Waals surface area (Å²) in [6.07, 6.45) is 0.318. The number of anilines is 1. The van der Waals surface area contributed by atoms with Gasteiger partial charge >= 0.3 is 0 Å². The van der Waals surface area contributed by atoms with E-state index in [0.29, 0.717) is 39.8 Å². The van der Waals surface area contributed by atoms with Gasteiger partial charge in [-0.15, -0.1) is 0 Å². The topological polar surface area (TPSA) is 86.8 Å². The van der Waals surface area contributed by atoms with Gasteiger partial charge in [-0.3, -0.25) is 13.9 Å². The van der Waals surface area contributed by atoms with E-state index in [1.54, 1.807) is 81.4 Å². The van der Waals surface area contributed by atoms with Crippen LogP contribution in [0.1, 0.15) is 31.4 Å². The molecule has 10 heteroatoms. The van der Waals surface area contributed by atoms with E-state index in [1.807, 2.05) is 0 Å². The smallest absolute Gasteiger partial charge is 0.264 e. The number of nitrogens with zero attached hydrogens (tertiary/aromatic N) is 2. The maximum absolute atomic E-state index is 14.0. The normalized spacial score (nSPS) is 12.0. The number of likely N-dealkylation sites (N-methyl/N-ethyl adjacent to an activating group) is 1. The summed E-state index contributed by atoms with van der Waals surface area (Å²) in [4.78, 5) is 28.4. The fourth-order valence-electron chi connectivity index (χ4n) is 4.12. The van der Waals surface area contributed by atoms with E-state index >= 15 is 0 Å². The molecule has 1 N–H and O–H groups in total.